The molecule has 27 heavy (non-hydrogen) atoms. The number of hydrogen-bond donors (Lipinski definition) is 2. The number of carbonyl (C=O) groups excluding carboxylic acids is 1. The van der Waals surface area contributed by atoms with Crippen molar-refractivity contribution in [1.29, 1.82) is 0 Å². The average Bonchev–Trinajstić information content (AvgIpc) is 3.17. The first kappa shape index (κ1) is 20.0. The zero-order chi connectivity index (χ0) is 19.3. The highest BCUT2D eigenvalue weighted by Gasteiger charge is 2.41. The Balaban J connectivity index is 1.53. The van der Waals surface area contributed by atoms with E-state index >= 15 is 0 Å². The van der Waals surface area contributed by atoms with E-state index in [4.69, 9.17) is 0 Å². The summed E-state index contributed by atoms with van der Waals surface area (Å²) < 4.78 is 0. The third kappa shape index (κ3) is 5.15. The number of thiazole rings is 1. The highest BCUT2D eigenvalue weighted by Crippen LogP contribution is 2.24. The molecule has 6 heteroatoms. The summed E-state index contributed by atoms with van der Waals surface area (Å²) in [5, 5.41) is 16.2. The van der Waals surface area contributed by atoms with Gasteiger partial charge in [0.15, 0.2) is 5.60 Å². The molecule has 5 nitrogen and oxygen atoms in total. The Morgan fingerprint density at radius 3 is 2.78 bits per heavy atom. The van der Waals surface area contributed by atoms with Crippen LogP contribution < -0.4 is 5.32 Å². The van der Waals surface area contributed by atoms with E-state index in [1.165, 1.54) is 5.56 Å². The summed E-state index contributed by atoms with van der Waals surface area (Å²) in [6.45, 7) is 6.59. The second-order valence-corrected chi connectivity index (χ2v) is 8.38. The highest BCUT2D eigenvalue weighted by molar-refractivity contribution is 7.07. The van der Waals surface area contributed by atoms with Crippen LogP contribution in [-0.4, -0.2) is 46.1 Å². The zero-order valence-electron chi connectivity index (χ0n) is 16.1. The smallest absolute Gasteiger partial charge is 0.256 e. The van der Waals surface area contributed by atoms with Gasteiger partial charge in [-0.1, -0.05) is 38.1 Å². The number of nitrogens with one attached hydrogen (secondary N) is 1. The van der Waals surface area contributed by atoms with Gasteiger partial charge in [-0.15, -0.1) is 11.3 Å². The number of nitrogens with zero attached hydrogens (tertiary/aromatic N) is 2. The lowest BCUT2D eigenvalue weighted by atomic mass is 9.91. The van der Waals surface area contributed by atoms with Gasteiger partial charge in [0, 0.05) is 38.0 Å². The molecule has 2 heterocycles. The van der Waals surface area contributed by atoms with Crippen molar-refractivity contribution in [1.82, 2.24) is 15.2 Å². The van der Waals surface area contributed by atoms with E-state index in [-0.39, 0.29) is 5.91 Å². The normalized spacial score (nSPS) is 20.4. The summed E-state index contributed by atoms with van der Waals surface area (Å²) in [7, 11) is 0. The quantitative estimate of drug-likeness (QED) is 0.684. The molecule has 1 fully saturated rings. The molecule has 3 rings (SSSR count). The molecule has 1 saturated heterocycles. The van der Waals surface area contributed by atoms with Gasteiger partial charge < -0.3 is 15.3 Å². The van der Waals surface area contributed by atoms with Crippen molar-refractivity contribution in [2.45, 2.75) is 51.2 Å². The lowest BCUT2D eigenvalue weighted by molar-refractivity contribution is -0.157. The van der Waals surface area contributed by atoms with Crippen molar-refractivity contribution in [2.24, 2.45) is 0 Å². The molecule has 2 aromatic rings. The van der Waals surface area contributed by atoms with Crippen LogP contribution in [0.2, 0.25) is 0 Å². The molecule has 0 saturated carbocycles. The maximum absolute atomic E-state index is 12.9. The van der Waals surface area contributed by atoms with Crippen LogP contribution in [0.25, 0.3) is 0 Å². The third-order valence-electron chi connectivity index (χ3n) is 5.18. The molecular weight excluding hydrogens is 358 g/mol. The summed E-state index contributed by atoms with van der Waals surface area (Å²) in [6, 6.07) is 8.42. The fraction of sp³-hybridized carbons (Fsp3) is 0.524. The summed E-state index contributed by atoms with van der Waals surface area (Å²) >= 11 is 1.58. The van der Waals surface area contributed by atoms with Crippen LogP contribution in [0.4, 0.5) is 0 Å². The molecule has 2 N–H and O–H groups in total. The summed E-state index contributed by atoms with van der Waals surface area (Å²) in [5.74, 6) is 0.332. The van der Waals surface area contributed by atoms with Crippen LogP contribution >= 0.6 is 11.3 Å². The number of aromatic nitrogens is 1. The molecule has 0 unspecified atom stereocenters. The van der Waals surface area contributed by atoms with Crippen LogP contribution in [0, 0.1) is 0 Å². The molecule has 146 valence electrons. The minimum Gasteiger partial charge on any atom is -0.379 e. The number of hydrogen-bond acceptors (Lipinski definition) is 5. The van der Waals surface area contributed by atoms with Gasteiger partial charge in [0.25, 0.3) is 5.91 Å². The van der Waals surface area contributed by atoms with E-state index in [1.807, 2.05) is 10.9 Å². The lowest BCUT2D eigenvalue weighted by Gasteiger charge is -2.38. The topological polar surface area (TPSA) is 65.5 Å². The number of amides is 1. The van der Waals surface area contributed by atoms with E-state index in [9.17, 15) is 9.90 Å². The Morgan fingerprint density at radius 1 is 1.33 bits per heavy atom. The number of benzene rings is 1. The van der Waals surface area contributed by atoms with Crippen LogP contribution in [0.15, 0.2) is 35.2 Å². The Labute approximate surface area is 165 Å². The molecule has 0 aliphatic carbocycles. The second-order valence-electron chi connectivity index (χ2n) is 7.66. The third-order valence-corrected chi connectivity index (χ3v) is 5.82. The first-order chi connectivity index (χ1) is 13.0. The monoisotopic (exact) mass is 387 g/mol. The number of piperidine rings is 1. The minimum atomic E-state index is -1.31. The van der Waals surface area contributed by atoms with Crippen LogP contribution in [0.5, 0.6) is 0 Å². The first-order valence-corrected chi connectivity index (χ1v) is 10.6. The average molecular weight is 388 g/mol. The second kappa shape index (κ2) is 8.95. The van der Waals surface area contributed by atoms with E-state index in [2.05, 4.69) is 48.4 Å². The Morgan fingerprint density at radius 2 is 2.11 bits per heavy atom. The maximum Gasteiger partial charge on any atom is 0.256 e. The molecule has 1 aliphatic heterocycles. The van der Waals surface area contributed by atoms with E-state index < -0.39 is 5.60 Å². The van der Waals surface area contributed by atoms with Crippen molar-refractivity contribution >= 4 is 17.2 Å². The number of rotatable bonds is 8. The summed E-state index contributed by atoms with van der Waals surface area (Å²) in [4.78, 5) is 18.9. The number of likely N-dealkylation sites (tertiary alicyclic amines) is 1. The Kier molecular flexibility index (Phi) is 6.63. The number of aliphatic hydroxyl groups is 1. The van der Waals surface area contributed by atoms with Crippen molar-refractivity contribution < 1.29 is 9.90 Å². The molecule has 0 spiro atoms. The van der Waals surface area contributed by atoms with Crippen LogP contribution in [-0.2, 0) is 17.8 Å². The van der Waals surface area contributed by atoms with Gasteiger partial charge in [0.05, 0.1) is 11.2 Å². The fourth-order valence-electron chi connectivity index (χ4n) is 3.48. The first-order valence-electron chi connectivity index (χ1n) is 9.66. The van der Waals surface area contributed by atoms with Crippen molar-refractivity contribution in [3.63, 3.8) is 0 Å². The van der Waals surface area contributed by atoms with Gasteiger partial charge in [-0.05, 0) is 29.9 Å². The van der Waals surface area contributed by atoms with Gasteiger partial charge >= 0.3 is 0 Å². The lowest BCUT2D eigenvalue weighted by Crippen LogP contribution is -2.57. The fourth-order valence-corrected chi connectivity index (χ4v) is 4.07. The Bertz CT molecular complexity index is 730. The van der Waals surface area contributed by atoms with Gasteiger partial charge in [-0.25, -0.2) is 4.98 Å². The van der Waals surface area contributed by atoms with E-state index in [1.54, 1.807) is 16.2 Å². The van der Waals surface area contributed by atoms with Crippen molar-refractivity contribution in [2.75, 3.05) is 19.6 Å². The SMILES string of the molecule is CC(C)c1ccc(CN2CCC[C@@](O)(CNCCc3cscn3)C2=O)cc1. The molecule has 0 bridgehead atoms. The van der Waals surface area contributed by atoms with E-state index in [0.717, 1.165) is 24.1 Å². The zero-order valence-corrected chi connectivity index (χ0v) is 17.0. The molecule has 1 amide bonds. The summed E-state index contributed by atoms with van der Waals surface area (Å²) in [5.41, 5.74) is 3.95. The Hall–Kier alpha value is -1.76. The standard InChI is InChI=1S/C21H29N3O2S/c1-16(2)18-6-4-17(5-7-18)12-24-11-3-9-21(26,20(24)25)14-22-10-8-19-13-27-15-23-19/h4-7,13,15-16,22,26H,3,8-12,14H2,1-2H3/t21-/m1/s1. The molecule has 1 aromatic heterocycles. The largest absolute Gasteiger partial charge is 0.379 e. The molecule has 0 radical (unpaired) electrons. The number of carbonyl (C=O) groups is 1. The van der Waals surface area contributed by atoms with Gasteiger partial charge in [0.2, 0.25) is 0 Å². The van der Waals surface area contributed by atoms with Crippen molar-refractivity contribution in [3.8, 4) is 0 Å². The maximum atomic E-state index is 12.9. The predicted molar refractivity (Wildman–Crippen MR) is 109 cm³/mol. The van der Waals surface area contributed by atoms with Gasteiger partial charge in [0.1, 0.15) is 0 Å². The van der Waals surface area contributed by atoms with E-state index in [0.29, 0.717) is 38.5 Å². The minimum absolute atomic E-state index is 0.164. The molecule has 1 atom stereocenters. The highest BCUT2D eigenvalue weighted by atomic mass is 32.1. The predicted octanol–water partition coefficient (Wildman–Crippen LogP) is 2.95. The molecule has 1 aliphatic rings. The van der Waals surface area contributed by atoms with Crippen LogP contribution in [0.1, 0.15) is 49.4 Å². The van der Waals surface area contributed by atoms with Crippen LogP contribution in [0.3, 0.4) is 0 Å². The molecular formula is C21H29N3O2S. The molecule has 1 aromatic carbocycles. The summed E-state index contributed by atoms with van der Waals surface area (Å²) in [6.07, 6.45) is 2.14. The van der Waals surface area contributed by atoms with Crippen molar-refractivity contribution in [3.05, 3.63) is 52.0 Å². The van der Waals surface area contributed by atoms with Gasteiger partial charge in [-0.2, -0.15) is 0 Å². The van der Waals surface area contributed by atoms with Gasteiger partial charge in [-0.3, -0.25) is 4.79 Å².